The zero-order chi connectivity index (χ0) is 15.4. The Balaban J connectivity index is 1.87. The van der Waals surface area contributed by atoms with E-state index in [-0.39, 0.29) is 24.7 Å². The van der Waals surface area contributed by atoms with Gasteiger partial charge >= 0.3 is 0 Å². The van der Waals surface area contributed by atoms with Crippen LogP contribution in [-0.4, -0.2) is 49.2 Å². The van der Waals surface area contributed by atoms with E-state index in [1.165, 1.54) is 17.0 Å². The predicted octanol–water partition coefficient (Wildman–Crippen LogP) is 0.523. The molecule has 0 aliphatic carbocycles. The molecule has 1 aromatic rings. The largest absolute Gasteiger partial charge is 0.382 e. The molecule has 2 amide bonds. The summed E-state index contributed by atoms with van der Waals surface area (Å²) in [5, 5.41) is 6.34. The fourth-order valence-electron chi connectivity index (χ4n) is 1.77. The number of halogens is 1. The second-order valence-electron chi connectivity index (χ2n) is 4.85. The summed E-state index contributed by atoms with van der Waals surface area (Å²) in [6.07, 6.45) is -0.479. The van der Waals surface area contributed by atoms with Gasteiger partial charge in [-0.2, -0.15) is 0 Å². The third-order valence-electron chi connectivity index (χ3n) is 3.05. The van der Waals surface area contributed by atoms with E-state index in [1.807, 2.05) is 0 Å². The molecule has 6 nitrogen and oxygen atoms in total. The minimum atomic E-state index is -0.764. The molecule has 7 heteroatoms. The fourth-order valence-corrected chi connectivity index (χ4v) is 1.77. The molecule has 1 heterocycles. The molecule has 1 aliphatic rings. The second-order valence-corrected chi connectivity index (χ2v) is 4.85. The van der Waals surface area contributed by atoms with E-state index in [0.717, 1.165) is 0 Å². The molecule has 0 fully saturated rings. The van der Waals surface area contributed by atoms with E-state index in [9.17, 15) is 14.0 Å². The zero-order valence-electron chi connectivity index (χ0n) is 11.8. The van der Waals surface area contributed by atoms with Crippen molar-refractivity contribution in [1.29, 1.82) is 0 Å². The van der Waals surface area contributed by atoms with Gasteiger partial charge in [0.25, 0.3) is 5.91 Å². The molecule has 1 N–H and O–H groups in total. The molecular weight excluding hydrogens is 277 g/mol. The quantitative estimate of drug-likeness (QED) is 0.880. The van der Waals surface area contributed by atoms with Crippen LogP contribution in [0.15, 0.2) is 29.4 Å². The Morgan fingerprint density at radius 1 is 1.38 bits per heavy atom. The highest BCUT2D eigenvalue weighted by Crippen LogP contribution is 2.17. The van der Waals surface area contributed by atoms with Crippen LogP contribution in [0.1, 0.15) is 12.0 Å². The van der Waals surface area contributed by atoms with Crippen molar-refractivity contribution in [3.05, 3.63) is 35.6 Å². The van der Waals surface area contributed by atoms with Crippen LogP contribution in [0, 0.1) is 5.82 Å². The molecule has 1 aromatic carbocycles. The van der Waals surface area contributed by atoms with Crippen LogP contribution in [0.4, 0.5) is 4.39 Å². The third kappa shape index (κ3) is 3.77. The molecule has 1 aliphatic heterocycles. The number of likely N-dealkylation sites (N-methyl/N-ethyl adjacent to an activating group) is 1. The topological polar surface area (TPSA) is 71.0 Å². The lowest BCUT2D eigenvalue weighted by molar-refractivity contribution is -0.135. The highest BCUT2D eigenvalue weighted by molar-refractivity contribution is 6.04. The van der Waals surface area contributed by atoms with Crippen molar-refractivity contribution < 1.29 is 18.8 Å². The smallest absolute Gasteiger partial charge is 0.264 e. The van der Waals surface area contributed by atoms with Crippen molar-refractivity contribution in [3.8, 4) is 0 Å². The number of nitrogens with one attached hydrogen (secondary N) is 1. The summed E-state index contributed by atoms with van der Waals surface area (Å²) in [4.78, 5) is 29.7. The first-order valence-corrected chi connectivity index (χ1v) is 6.44. The molecule has 0 saturated heterocycles. The van der Waals surface area contributed by atoms with Gasteiger partial charge in [0.2, 0.25) is 12.0 Å². The standard InChI is InChI=1S/C14H16FN3O3/c1-18(2)13(19)8-16-14(20)12-7-11(17-21-12)9-3-5-10(15)6-4-9/h3-6,12H,7-8H2,1-2H3,(H,16,20). The van der Waals surface area contributed by atoms with Crippen LogP contribution < -0.4 is 5.32 Å². The number of benzene rings is 1. The zero-order valence-corrected chi connectivity index (χ0v) is 11.8. The second kappa shape index (κ2) is 6.34. The normalized spacial score (nSPS) is 16.9. The van der Waals surface area contributed by atoms with Crippen LogP contribution >= 0.6 is 0 Å². The molecule has 0 aromatic heterocycles. The van der Waals surface area contributed by atoms with Gasteiger partial charge < -0.3 is 15.1 Å². The molecule has 112 valence electrons. The van der Waals surface area contributed by atoms with Crippen molar-refractivity contribution in [2.75, 3.05) is 20.6 Å². The third-order valence-corrected chi connectivity index (χ3v) is 3.05. The number of rotatable bonds is 4. The van der Waals surface area contributed by atoms with E-state index >= 15 is 0 Å². The van der Waals surface area contributed by atoms with Gasteiger partial charge in [-0.15, -0.1) is 0 Å². The molecular formula is C14H16FN3O3. The van der Waals surface area contributed by atoms with Gasteiger partial charge in [-0.25, -0.2) is 4.39 Å². The number of nitrogens with zero attached hydrogens (tertiary/aromatic N) is 2. The Hall–Kier alpha value is -2.44. The van der Waals surface area contributed by atoms with Crippen molar-refractivity contribution in [2.45, 2.75) is 12.5 Å². The number of amides is 2. The highest BCUT2D eigenvalue weighted by atomic mass is 19.1. The van der Waals surface area contributed by atoms with Gasteiger partial charge in [0.05, 0.1) is 12.3 Å². The molecule has 21 heavy (non-hydrogen) atoms. The van der Waals surface area contributed by atoms with E-state index < -0.39 is 12.0 Å². The molecule has 1 atom stereocenters. The first-order valence-electron chi connectivity index (χ1n) is 6.44. The predicted molar refractivity (Wildman–Crippen MR) is 74.1 cm³/mol. The highest BCUT2D eigenvalue weighted by Gasteiger charge is 2.29. The maximum absolute atomic E-state index is 12.8. The minimum Gasteiger partial charge on any atom is -0.382 e. The van der Waals surface area contributed by atoms with E-state index in [2.05, 4.69) is 10.5 Å². The van der Waals surface area contributed by atoms with E-state index in [0.29, 0.717) is 11.3 Å². The number of oxime groups is 1. The first-order chi connectivity index (χ1) is 9.97. The molecule has 0 bridgehead atoms. The molecule has 0 radical (unpaired) electrons. The van der Waals surface area contributed by atoms with Gasteiger partial charge in [-0.3, -0.25) is 9.59 Å². The van der Waals surface area contributed by atoms with Crippen LogP contribution in [0.2, 0.25) is 0 Å². The number of hydrogen-bond donors (Lipinski definition) is 1. The summed E-state index contributed by atoms with van der Waals surface area (Å²) in [5.41, 5.74) is 1.28. The first kappa shape index (κ1) is 15.0. The van der Waals surface area contributed by atoms with Gasteiger partial charge in [0.15, 0.2) is 0 Å². The number of carbonyl (C=O) groups excluding carboxylic acids is 2. The van der Waals surface area contributed by atoms with Crippen LogP contribution in [0.3, 0.4) is 0 Å². The summed E-state index contributed by atoms with van der Waals surface area (Å²) < 4.78 is 12.8. The summed E-state index contributed by atoms with van der Waals surface area (Å²) in [7, 11) is 3.21. The van der Waals surface area contributed by atoms with Crippen molar-refractivity contribution in [3.63, 3.8) is 0 Å². The Kier molecular flexibility index (Phi) is 4.52. The average molecular weight is 293 g/mol. The van der Waals surface area contributed by atoms with Crippen molar-refractivity contribution in [1.82, 2.24) is 10.2 Å². The van der Waals surface area contributed by atoms with Gasteiger partial charge in [0.1, 0.15) is 5.82 Å². The van der Waals surface area contributed by atoms with Crippen LogP contribution in [0.5, 0.6) is 0 Å². The molecule has 1 unspecified atom stereocenters. The Morgan fingerprint density at radius 3 is 2.67 bits per heavy atom. The lowest BCUT2D eigenvalue weighted by atomic mass is 10.0. The maximum Gasteiger partial charge on any atom is 0.264 e. The summed E-state index contributed by atoms with van der Waals surface area (Å²) in [5.74, 6) is -0.943. The monoisotopic (exact) mass is 293 g/mol. The summed E-state index contributed by atoms with van der Waals surface area (Å²) >= 11 is 0. The fraction of sp³-hybridized carbons (Fsp3) is 0.357. The number of carbonyl (C=O) groups is 2. The van der Waals surface area contributed by atoms with Crippen LogP contribution in [0.25, 0.3) is 0 Å². The van der Waals surface area contributed by atoms with Gasteiger partial charge in [-0.1, -0.05) is 17.3 Å². The molecule has 2 rings (SSSR count). The van der Waals surface area contributed by atoms with E-state index in [1.54, 1.807) is 26.2 Å². The van der Waals surface area contributed by atoms with Gasteiger partial charge in [-0.05, 0) is 17.7 Å². The van der Waals surface area contributed by atoms with Crippen molar-refractivity contribution >= 4 is 17.5 Å². The van der Waals surface area contributed by atoms with Crippen molar-refractivity contribution in [2.24, 2.45) is 5.16 Å². The molecule has 0 spiro atoms. The number of hydrogen-bond acceptors (Lipinski definition) is 4. The molecule has 0 saturated carbocycles. The SMILES string of the molecule is CN(C)C(=O)CNC(=O)C1CC(c2ccc(F)cc2)=NO1. The Morgan fingerprint density at radius 2 is 2.05 bits per heavy atom. The van der Waals surface area contributed by atoms with Crippen LogP contribution in [-0.2, 0) is 14.4 Å². The lowest BCUT2D eigenvalue weighted by Gasteiger charge is -2.12. The summed E-state index contributed by atoms with van der Waals surface area (Å²) in [6.45, 7) is -0.0857. The minimum absolute atomic E-state index is 0.0857. The van der Waals surface area contributed by atoms with E-state index in [4.69, 9.17) is 4.84 Å². The Labute approximate surface area is 121 Å². The lowest BCUT2D eigenvalue weighted by Crippen LogP contribution is -2.41. The van der Waals surface area contributed by atoms with Gasteiger partial charge in [0, 0.05) is 20.5 Å². The average Bonchev–Trinajstić information content (AvgIpc) is 2.94. The maximum atomic E-state index is 12.8. The summed E-state index contributed by atoms with van der Waals surface area (Å²) in [6, 6.07) is 5.79. The Bertz CT molecular complexity index is 569.